The number of carbonyl (C=O) groups is 1. The molecule has 5 nitrogen and oxygen atoms in total. The zero-order valence-corrected chi connectivity index (χ0v) is 17.2. The number of benzene rings is 2. The molecule has 0 fully saturated rings. The molecular formula is C18H17Cl3N2O3S. The molecule has 1 N–H and O–H groups in total. The summed E-state index contributed by atoms with van der Waals surface area (Å²) >= 11 is 18.2. The Bertz CT molecular complexity index is 911. The lowest BCUT2D eigenvalue weighted by atomic mass is 10.2. The van der Waals surface area contributed by atoms with E-state index >= 15 is 0 Å². The molecule has 27 heavy (non-hydrogen) atoms. The number of hydrogen-bond donors (Lipinski definition) is 1. The Morgan fingerprint density at radius 3 is 2.22 bits per heavy atom. The van der Waals surface area contributed by atoms with Crippen LogP contribution in [0.5, 0.6) is 0 Å². The van der Waals surface area contributed by atoms with Crippen LogP contribution in [0, 0.1) is 0 Å². The Hall–Kier alpha value is -1.57. The molecule has 9 heteroatoms. The van der Waals surface area contributed by atoms with Gasteiger partial charge in [0.05, 0.1) is 11.4 Å². The summed E-state index contributed by atoms with van der Waals surface area (Å²) < 4.78 is 27.2. The van der Waals surface area contributed by atoms with Crippen LogP contribution in [0.15, 0.2) is 60.0 Å². The number of rotatable bonds is 8. The van der Waals surface area contributed by atoms with Gasteiger partial charge in [0, 0.05) is 33.7 Å². The van der Waals surface area contributed by atoms with Gasteiger partial charge in [-0.05, 0) is 36.4 Å². The monoisotopic (exact) mass is 446 g/mol. The first-order valence-corrected chi connectivity index (χ1v) is 10.4. The average molecular weight is 448 g/mol. The smallest absolute Gasteiger partial charge is 0.243 e. The maximum Gasteiger partial charge on any atom is 0.243 e. The van der Waals surface area contributed by atoms with Crippen LogP contribution in [0.2, 0.25) is 15.1 Å². The molecular weight excluding hydrogens is 431 g/mol. The molecule has 144 valence electrons. The second-order valence-corrected chi connectivity index (χ2v) is 8.71. The zero-order valence-electron chi connectivity index (χ0n) is 14.2. The lowest BCUT2D eigenvalue weighted by Gasteiger charge is -2.23. The van der Waals surface area contributed by atoms with Crippen LogP contribution in [0.4, 0.5) is 0 Å². The fourth-order valence-electron chi connectivity index (χ4n) is 2.24. The van der Waals surface area contributed by atoms with Crippen molar-refractivity contribution in [1.29, 1.82) is 0 Å². The van der Waals surface area contributed by atoms with Crippen LogP contribution in [0.1, 0.15) is 5.56 Å². The van der Waals surface area contributed by atoms with E-state index < -0.39 is 22.5 Å². The molecule has 2 aromatic carbocycles. The molecule has 0 saturated heterocycles. The highest BCUT2D eigenvalue weighted by Gasteiger charge is 2.28. The SMILES string of the molecule is C=CCNC(=O)CN(Cc1c(Cl)cccc1Cl)S(=O)(=O)c1ccc(Cl)cc1. The second kappa shape index (κ2) is 9.57. The Morgan fingerprint density at radius 2 is 1.67 bits per heavy atom. The van der Waals surface area contributed by atoms with Gasteiger partial charge in [0.15, 0.2) is 0 Å². The molecule has 0 aliphatic rings. The summed E-state index contributed by atoms with van der Waals surface area (Å²) in [5, 5.41) is 3.58. The van der Waals surface area contributed by atoms with E-state index in [-0.39, 0.29) is 18.0 Å². The topological polar surface area (TPSA) is 66.5 Å². The Labute approximate surface area is 173 Å². The van der Waals surface area contributed by atoms with Gasteiger partial charge in [-0.1, -0.05) is 46.9 Å². The number of carbonyl (C=O) groups excluding carboxylic acids is 1. The van der Waals surface area contributed by atoms with Crippen molar-refractivity contribution in [1.82, 2.24) is 9.62 Å². The van der Waals surface area contributed by atoms with Crippen molar-refractivity contribution in [2.24, 2.45) is 0 Å². The molecule has 0 bridgehead atoms. The number of amides is 1. The van der Waals surface area contributed by atoms with E-state index in [4.69, 9.17) is 34.8 Å². The van der Waals surface area contributed by atoms with Gasteiger partial charge in [0.2, 0.25) is 15.9 Å². The first-order chi connectivity index (χ1) is 12.8. The molecule has 0 spiro atoms. The van der Waals surface area contributed by atoms with Crippen molar-refractivity contribution < 1.29 is 13.2 Å². The highest BCUT2D eigenvalue weighted by molar-refractivity contribution is 7.89. The minimum atomic E-state index is -4.00. The summed E-state index contributed by atoms with van der Waals surface area (Å²) in [6, 6.07) is 10.5. The van der Waals surface area contributed by atoms with E-state index in [2.05, 4.69) is 11.9 Å². The van der Waals surface area contributed by atoms with E-state index in [0.29, 0.717) is 20.6 Å². The van der Waals surface area contributed by atoms with Gasteiger partial charge < -0.3 is 5.32 Å². The molecule has 2 aromatic rings. The van der Waals surface area contributed by atoms with E-state index in [0.717, 1.165) is 4.31 Å². The van der Waals surface area contributed by atoms with Gasteiger partial charge >= 0.3 is 0 Å². The van der Waals surface area contributed by atoms with Crippen molar-refractivity contribution in [3.8, 4) is 0 Å². The third-order valence-corrected chi connectivity index (χ3v) is 6.38. The van der Waals surface area contributed by atoms with E-state index in [1.165, 1.54) is 30.3 Å². The molecule has 0 aliphatic heterocycles. The summed E-state index contributed by atoms with van der Waals surface area (Å²) in [4.78, 5) is 12.2. The predicted octanol–water partition coefficient (Wildman–Crippen LogP) is 4.14. The second-order valence-electron chi connectivity index (χ2n) is 5.52. The summed E-state index contributed by atoms with van der Waals surface area (Å²) in [5.41, 5.74) is 0.412. The lowest BCUT2D eigenvalue weighted by molar-refractivity contribution is -0.121. The molecule has 1 amide bonds. The maximum atomic E-state index is 13.1. The Balaban J connectivity index is 2.41. The van der Waals surface area contributed by atoms with E-state index in [1.54, 1.807) is 18.2 Å². The molecule has 0 heterocycles. The van der Waals surface area contributed by atoms with Crippen LogP contribution >= 0.6 is 34.8 Å². The van der Waals surface area contributed by atoms with Gasteiger partial charge in [-0.2, -0.15) is 4.31 Å². The Kier molecular flexibility index (Phi) is 7.70. The highest BCUT2D eigenvalue weighted by atomic mass is 35.5. The highest BCUT2D eigenvalue weighted by Crippen LogP contribution is 2.28. The minimum absolute atomic E-state index is 0.00611. The predicted molar refractivity (Wildman–Crippen MR) is 109 cm³/mol. The van der Waals surface area contributed by atoms with Gasteiger partial charge in [0.1, 0.15) is 0 Å². The minimum Gasteiger partial charge on any atom is -0.351 e. The molecule has 0 saturated carbocycles. The van der Waals surface area contributed by atoms with E-state index in [1.807, 2.05) is 0 Å². The fraction of sp³-hybridized carbons (Fsp3) is 0.167. The fourth-order valence-corrected chi connectivity index (χ4v) is 4.25. The van der Waals surface area contributed by atoms with Crippen LogP contribution in [-0.4, -0.2) is 31.7 Å². The normalized spacial score (nSPS) is 11.4. The third kappa shape index (κ3) is 5.70. The Morgan fingerprint density at radius 1 is 1.07 bits per heavy atom. The first-order valence-electron chi connectivity index (χ1n) is 7.82. The van der Waals surface area contributed by atoms with Gasteiger partial charge in [-0.15, -0.1) is 6.58 Å². The summed E-state index contributed by atoms with van der Waals surface area (Å²) in [6.07, 6.45) is 1.50. The number of halogens is 3. The quantitative estimate of drug-likeness (QED) is 0.619. The molecule has 0 unspecified atom stereocenters. The molecule has 0 atom stereocenters. The number of nitrogens with zero attached hydrogens (tertiary/aromatic N) is 1. The molecule has 0 aromatic heterocycles. The summed E-state index contributed by atoms with van der Waals surface area (Å²) in [6.45, 7) is 3.17. The van der Waals surface area contributed by atoms with Crippen LogP contribution in [-0.2, 0) is 21.4 Å². The molecule has 0 aliphatic carbocycles. The number of sulfonamides is 1. The largest absolute Gasteiger partial charge is 0.351 e. The van der Waals surface area contributed by atoms with Crippen LogP contribution in [0.3, 0.4) is 0 Å². The van der Waals surface area contributed by atoms with Crippen LogP contribution in [0.25, 0.3) is 0 Å². The van der Waals surface area contributed by atoms with Gasteiger partial charge in [0.25, 0.3) is 0 Å². The van der Waals surface area contributed by atoms with Crippen molar-refractivity contribution in [2.75, 3.05) is 13.1 Å². The maximum absolute atomic E-state index is 13.1. The zero-order chi connectivity index (χ0) is 20.0. The average Bonchev–Trinajstić information content (AvgIpc) is 2.62. The van der Waals surface area contributed by atoms with Crippen molar-refractivity contribution in [3.05, 3.63) is 75.8 Å². The third-order valence-electron chi connectivity index (χ3n) is 3.61. The van der Waals surface area contributed by atoms with Gasteiger partial charge in [-0.25, -0.2) is 8.42 Å². The number of nitrogens with one attached hydrogen (secondary N) is 1. The van der Waals surface area contributed by atoms with Crippen molar-refractivity contribution in [2.45, 2.75) is 11.4 Å². The van der Waals surface area contributed by atoms with Gasteiger partial charge in [-0.3, -0.25) is 4.79 Å². The molecule has 0 radical (unpaired) electrons. The molecule has 2 rings (SSSR count). The lowest BCUT2D eigenvalue weighted by Crippen LogP contribution is -2.40. The standard InChI is InChI=1S/C18H17Cl3N2O3S/c1-2-10-22-18(24)12-23(11-15-16(20)4-3-5-17(15)21)27(25,26)14-8-6-13(19)7-9-14/h2-9H,1,10-12H2,(H,22,24). The van der Waals surface area contributed by atoms with Crippen molar-refractivity contribution in [3.63, 3.8) is 0 Å². The van der Waals surface area contributed by atoms with E-state index in [9.17, 15) is 13.2 Å². The first kappa shape index (κ1) is 21.7. The summed E-state index contributed by atoms with van der Waals surface area (Å²) in [7, 11) is -4.00. The van der Waals surface area contributed by atoms with Crippen molar-refractivity contribution >= 4 is 50.7 Å². The number of hydrogen-bond acceptors (Lipinski definition) is 3. The summed E-state index contributed by atoms with van der Waals surface area (Å²) in [5.74, 6) is -0.476. The van der Waals surface area contributed by atoms with Crippen LogP contribution < -0.4 is 5.32 Å².